The topological polar surface area (TPSA) is 35.2 Å². The molecule has 2 N–H and O–H groups in total. The predicted molar refractivity (Wildman–Crippen MR) is 73.4 cm³/mol. The molecule has 2 nitrogen and oxygen atoms in total. The zero-order chi connectivity index (χ0) is 12.8. The van der Waals surface area contributed by atoms with Crippen LogP contribution in [0.15, 0.2) is 24.3 Å². The van der Waals surface area contributed by atoms with Crippen molar-refractivity contribution in [2.75, 3.05) is 0 Å². The van der Waals surface area contributed by atoms with Crippen LogP contribution in [0.1, 0.15) is 50.3 Å². The van der Waals surface area contributed by atoms with E-state index in [0.717, 1.165) is 12.8 Å². The molecule has 0 bridgehead atoms. The number of fused-ring (bicyclic) bond motifs is 1. The molecule has 3 rings (SSSR count). The molecule has 0 radical (unpaired) electrons. The minimum atomic E-state index is 0.0697. The fourth-order valence-corrected chi connectivity index (χ4v) is 3.52. The first kappa shape index (κ1) is 12.2. The maximum atomic E-state index is 6.38. The van der Waals surface area contributed by atoms with Gasteiger partial charge in [0.05, 0.1) is 11.7 Å². The van der Waals surface area contributed by atoms with Crippen molar-refractivity contribution in [1.82, 2.24) is 0 Å². The summed E-state index contributed by atoms with van der Waals surface area (Å²) in [5.74, 6) is 0.557. The Morgan fingerprint density at radius 3 is 2.78 bits per heavy atom. The molecule has 0 spiro atoms. The average molecular weight is 245 g/mol. The number of hydrogen-bond donors (Lipinski definition) is 1. The second kappa shape index (κ2) is 4.36. The zero-order valence-corrected chi connectivity index (χ0v) is 11.4. The average Bonchev–Trinajstić information content (AvgIpc) is 2.82. The van der Waals surface area contributed by atoms with Crippen LogP contribution in [0.2, 0.25) is 0 Å². The van der Waals surface area contributed by atoms with Gasteiger partial charge in [-0.3, -0.25) is 0 Å². The summed E-state index contributed by atoms with van der Waals surface area (Å²) in [4.78, 5) is 0. The number of nitrogens with two attached hydrogens (primary N) is 1. The quantitative estimate of drug-likeness (QED) is 0.868. The summed E-state index contributed by atoms with van der Waals surface area (Å²) in [6.07, 6.45) is 5.00. The third-order valence-electron chi connectivity index (χ3n) is 4.52. The predicted octanol–water partition coefficient (Wildman–Crippen LogP) is 3.21. The van der Waals surface area contributed by atoms with Crippen LogP contribution >= 0.6 is 0 Å². The van der Waals surface area contributed by atoms with Gasteiger partial charge in [0.2, 0.25) is 0 Å². The van der Waals surface area contributed by atoms with Crippen molar-refractivity contribution in [2.24, 2.45) is 11.7 Å². The molecule has 1 aliphatic carbocycles. The first-order valence-electron chi connectivity index (χ1n) is 7.06. The smallest absolute Gasteiger partial charge is 0.0631 e. The van der Waals surface area contributed by atoms with Gasteiger partial charge in [0.15, 0.2) is 0 Å². The molecular formula is C16H23NO. The lowest BCUT2D eigenvalue weighted by molar-refractivity contribution is -0.0253. The molecule has 3 unspecified atom stereocenters. The number of benzene rings is 1. The molecular weight excluding hydrogens is 222 g/mol. The third-order valence-corrected chi connectivity index (χ3v) is 4.52. The number of rotatable bonds is 2. The first-order valence-corrected chi connectivity index (χ1v) is 7.06. The highest BCUT2D eigenvalue weighted by Gasteiger charge is 2.36. The van der Waals surface area contributed by atoms with E-state index in [1.165, 1.54) is 24.0 Å². The molecule has 1 aromatic carbocycles. The van der Waals surface area contributed by atoms with Crippen molar-refractivity contribution in [3.05, 3.63) is 35.4 Å². The van der Waals surface area contributed by atoms with Crippen molar-refractivity contribution in [1.29, 1.82) is 0 Å². The van der Waals surface area contributed by atoms with Crippen LogP contribution < -0.4 is 5.73 Å². The maximum absolute atomic E-state index is 6.38. The van der Waals surface area contributed by atoms with Crippen LogP contribution in [-0.2, 0) is 11.2 Å². The van der Waals surface area contributed by atoms with Gasteiger partial charge < -0.3 is 10.5 Å². The molecule has 1 aromatic rings. The Morgan fingerprint density at radius 2 is 2.11 bits per heavy atom. The molecule has 18 heavy (non-hydrogen) atoms. The largest absolute Gasteiger partial charge is 0.372 e. The second-order valence-electron chi connectivity index (χ2n) is 6.46. The normalized spacial score (nSPS) is 33.6. The first-order chi connectivity index (χ1) is 8.55. The highest BCUT2D eigenvalue weighted by molar-refractivity contribution is 5.35. The highest BCUT2D eigenvalue weighted by atomic mass is 16.5. The lowest BCUT2D eigenvalue weighted by atomic mass is 9.93. The van der Waals surface area contributed by atoms with Crippen molar-refractivity contribution in [3.63, 3.8) is 0 Å². The minimum Gasteiger partial charge on any atom is -0.372 e. The van der Waals surface area contributed by atoms with E-state index < -0.39 is 0 Å². The van der Waals surface area contributed by atoms with Crippen molar-refractivity contribution in [3.8, 4) is 0 Å². The molecule has 2 aliphatic rings. The van der Waals surface area contributed by atoms with E-state index in [1.807, 2.05) is 0 Å². The van der Waals surface area contributed by atoms with Crippen LogP contribution in [0, 0.1) is 5.92 Å². The van der Waals surface area contributed by atoms with Gasteiger partial charge in [-0.25, -0.2) is 0 Å². The van der Waals surface area contributed by atoms with Crippen molar-refractivity contribution >= 4 is 0 Å². The van der Waals surface area contributed by atoms with Crippen molar-refractivity contribution < 1.29 is 4.74 Å². The summed E-state index contributed by atoms with van der Waals surface area (Å²) in [6, 6.07) is 8.81. The van der Waals surface area contributed by atoms with Gasteiger partial charge in [0.25, 0.3) is 0 Å². The zero-order valence-electron chi connectivity index (χ0n) is 11.4. The Morgan fingerprint density at radius 1 is 1.33 bits per heavy atom. The molecule has 0 amide bonds. The van der Waals surface area contributed by atoms with Gasteiger partial charge in [0, 0.05) is 6.04 Å². The van der Waals surface area contributed by atoms with E-state index in [4.69, 9.17) is 10.5 Å². The standard InChI is InChI=1S/C16H23NO/c1-16(2)8-7-13(18-16)10-12-9-11-5-3-4-6-14(11)15(12)17/h3-6,12-13,15H,7-10,17H2,1-2H3. The fraction of sp³-hybridized carbons (Fsp3) is 0.625. The minimum absolute atomic E-state index is 0.0697. The molecule has 1 fully saturated rings. The van der Waals surface area contributed by atoms with E-state index in [2.05, 4.69) is 38.1 Å². The van der Waals surface area contributed by atoms with Gasteiger partial charge in [-0.1, -0.05) is 24.3 Å². The monoisotopic (exact) mass is 245 g/mol. The van der Waals surface area contributed by atoms with E-state index in [0.29, 0.717) is 12.0 Å². The van der Waals surface area contributed by atoms with Gasteiger partial charge >= 0.3 is 0 Å². The molecule has 1 heterocycles. The molecule has 0 aromatic heterocycles. The van der Waals surface area contributed by atoms with E-state index in [9.17, 15) is 0 Å². The Bertz CT molecular complexity index is 440. The molecule has 3 atom stereocenters. The van der Waals surface area contributed by atoms with E-state index >= 15 is 0 Å². The number of hydrogen-bond acceptors (Lipinski definition) is 2. The van der Waals surface area contributed by atoms with Gasteiger partial charge in [0.1, 0.15) is 0 Å². The second-order valence-corrected chi connectivity index (χ2v) is 6.46. The lowest BCUT2D eigenvalue weighted by Gasteiger charge is -2.23. The van der Waals surface area contributed by atoms with Gasteiger partial charge in [-0.05, 0) is 56.6 Å². The third kappa shape index (κ3) is 2.19. The Balaban J connectivity index is 1.67. The molecule has 98 valence electrons. The summed E-state index contributed by atoms with van der Waals surface area (Å²) in [5, 5.41) is 0. The van der Waals surface area contributed by atoms with Crippen molar-refractivity contribution in [2.45, 2.75) is 57.3 Å². The van der Waals surface area contributed by atoms with Crippen LogP contribution in [-0.4, -0.2) is 11.7 Å². The molecule has 2 heteroatoms. The highest BCUT2D eigenvalue weighted by Crippen LogP contribution is 2.40. The molecule has 1 aliphatic heterocycles. The van der Waals surface area contributed by atoms with Crippen LogP contribution in [0.4, 0.5) is 0 Å². The summed E-state index contributed by atoms with van der Waals surface area (Å²) in [7, 11) is 0. The van der Waals surface area contributed by atoms with E-state index in [1.54, 1.807) is 0 Å². The molecule has 0 saturated carbocycles. The Labute approximate surface area is 110 Å². The maximum Gasteiger partial charge on any atom is 0.0631 e. The SMILES string of the molecule is CC1(C)CCC(CC2Cc3ccccc3C2N)O1. The van der Waals surface area contributed by atoms with Gasteiger partial charge in [-0.15, -0.1) is 0 Å². The molecule has 1 saturated heterocycles. The Kier molecular flexibility index (Phi) is 2.95. The van der Waals surface area contributed by atoms with Gasteiger partial charge in [-0.2, -0.15) is 0 Å². The summed E-state index contributed by atoms with van der Waals surface area (Å²) in [5.41, 5.74) is 9.23. The van der Waals surface area contributed by atoms with Crippen LogP contribution in [0.25, 0.3) is 0 Å². The summed E-state index contributed by atoms with van der Waals surface area (Å²) >= 11 is 0. The van der Waals surface area contributed by atoms with Crippen LogP contribution in [0.5, 0.6) is 0 Å². The lowest BCUT2D eigenvalue weighted by Crippen LogP contribution is -2.25. The summed E-state index contributed by atoms with van der Waals surface area (Å²) in [6.45, 7) is 4.38. The number of ether oxygens (including phenoxy) is 1. The fourth-order valence-electron chi connectivity index (χ4n) is 3.52. The van der Waals surface area contributed by atoms with E-state index in [-0.39, 0.29) is 11.6 Å². The Hall–Kier alpha value is -0.860. The van der Waals surface area contributed by atoms with Crippen LogP contribution in [0.3, 0.4) is 0 Å². The summed E-state index contributed by atoms with van der Waals surface area (Å²) < 4.78 is 6.10.